The maximum Gasteiger partial charge on any atom is 0.162 e. The largest absolute Gasteiger partial charge is 0.504 e. The number of methoxy groups -OCH3 is 1. The van der Waals surface area contributed by atoms with Crippen molar-refractivity contribution in [2.24, 2.45) is 0 Å². The minimum absolute atomic E-state index is 0.153. The van der Waals surface area contributed by atoms with Gasteiger partial charge in [0, 0.05) is 23.9 Å². The first kappa shape index (κ1) is 13.1. The van der Waals surface area contributed by atoms with Crippen LogP contribution in [-0.4, -0.2) is 22.2 Å². The van der Waals surface area contributed by atoms with Crippen molar-refractivity contribution >= 4 is 5.82 Å². The van der Waals surface area contributed by atoms with Gasteiger partial charge in [-0.05, 0) is 19.9 Å². The van der Waals surface area contributed by atoms with Crippen LogP contribution in [0.3, 0.4) is 0 Å². The molecule has 0 radical (unpaired) electrons. The second kappa shape index (κ2) is 5.56. The Morgan fingerprint density at radius 1 is 1.26 bits per heavy atom. The Morgan fingerprint density at radius 3 is 2.74 bits per heavy atom. The van der Waals surface area contributed by atoms with Crippen LogP contribution in [-0.2, 0) is 6.54 Å². The van der Waals surface area contributed by atoms with E-state index in [0.717, 1.165) is 22.9 Å². The molecule has 100 valence electrons. The average molecular weight is 259 g/mol. The van der Waals surface area contributed by atoms with Gasteiger partial charge in [-0.15, -0.1) is 0 Å². The van der Waals surface area contributed by atoms with Gasteiger partial charge in [-0.25, -0.2) is 9.97 Å². The molecule has 5 nitrogen and oxygen atoms in total. The first-order chi connectivity index (χ1) is 9.10. The molecule has 0 bridgehead atoms. The Kier molecular flexibility index (Phi) is 3.85. The third-order valence-electron chi connectivity index (χ3n) is 2.73. The number of para-hydroxylation sites is 1. The fourth-order valence-electron chi connectivity index (χ4n) is 1.87. The predicted octanol–water partition coefficient (Wildman–Crippen LogP) is 2.42. The Balaban J connectivity index is 2.14. The van der Waals surface area contributed by atoms with E-state index in [0.29, 0.717) is 12.3 Å². The first-order valence-electron chi connectivity index (χ1n) is 6.01. The van der Waals surface area contributed by atoms with Gasteiger partial charge < -0.3 is 15.2 Å². The highest BCUT2D eigenvalue weighted by Gasteiger charge is 2.07. The highest BCUT2D eigenvalue weighted by Crippen LogP contribution is 2.29. The Bertz CT molecular complexity index is 565. The van der Waals surface area contributed by atoms with E-state index in [1.165, 1.54) is 7.11 Å². The van der Waals surface area contributed by atoms with E-state index in [4.69, 9.17) is 4.74 Å². The van der Waals surface area contributed by atoms with E-state index in [1.54, 1.807) is 6.07 Å². The number of phenolic OH excluding ortho intramolecular Hbond substituents is 1. The highest BCUT2D eigenvalue weighted by atomic mass is 16.5. The Hall–Kier alpha value is -2.30. The Labute approximate surface area is 112 Å². The standard InChI is InChI=1S/C14H17N3O2/c1-9-7-13(17-10(2)16-9)15-8-11-5-4-6-12(19-3)14(11)18/h4-7,18H,8H2,1-3H3,(H,15,16,17). The Morgan fingerprint density at radius 2 is 2.05 bits per heavy atom. The fraction of sp³-hybridized carbons (Fsp3) is 0.286. The number of anilines is 1. The molecule has 2 N–H and O–H groups in total. The van der Waals surface area contributed by atoms with Crippen molar-refractivity contribution in [3.05, 3.63) is 41.3 Å². The second-order valence-corrected chi connectivity index (χ2v) is 4.26. The summed E-state index contributed by atoms with van der Waals surface area (Å²) < 4.78 is 5.07. The number of hydrogen-bond acceptors (Lipinski definition) is 5. The molecule has 0 aliphatic rings. The number of ether oxygens (including phenoxy) is 1. The SMILES string of the molecule is COc1cccc(CNc2cc(C)nc(C)n2)c1O. The zero-order valence-electron chi connectivity index (χ0n) is 11.3. The molecule has 0 atom stereocenters. The normalized spacial score (nSPS) is 10.3. The van der Waals surface area contributed by atoms with Crippen LogP contribution < -0.4 is 10.1 Å². The smallest absolute Gasteiger partial charge is 0.162 e. The van der Waals surface area contributed by atoms with Crippen molar-refractivity contribution in [2.75, 3.05) is 12.4 Å². The summed E-state index contributed by atoms with van der Waals surface area (Å²) in [5, 5.41) is 13.1. The second-order valence-electron chi connectivity index (χ2n) is 4.26. The molecule has 0 unspecified atom stereocenters. The lowest BCUT2D eigenvalue weighted by atomic mass is 10.2. The first-order valence-corrected chi connectivity index (χ1v) is 6.01. The van der Waals surface area contributed by atoms with Crippen LogP contribution in [0.25, 0.3) is 0 Å². The molecule has 1 aromatic carbocycles. The van der Waals surface area contributed by atoms with Crippen LogP contribution in [0.1, 0.15) is 17.1 Å². The van der Waals surface area contributed by atoms with E-state index < -0.39 is 0 Å². The average Bonchev–Trinajstić information content (AvgIpc) is 2.36. The molecule has 0 aliphatic heterocycles. The predicted molar refractivity (Wildman–Crippen MR) is 73.5 cm³/mol. The van der Waals surface area contributed by atoms with E-state index in [2.05, 4.69) is 15.3 Å². The summed E-state index contributed by atoms with van der Waals surface area (Å²) in [6, 6.07) is 7.26. The van der Waals surface area contributed by atoms with Gasteiger partial charge in [0.15, 0.2) is 11.5 Å². The van der Waals surface area contributed by atoms with Gasteiger partial charge in [0.25, 0.3) is 0 Å². The monoisotopic (exact) mass is 259 g/mol. The molecule has 0 spiro atoms. The molecule has 1 heterocycles. The van der Waals surface area contributed by atoms with Crippen LogP contribution >= 0.6 is 0 Å². The summed E-state index contributed by atoms with van der Waals surface area (Å²) in [5.41, 5.74) is 1.66. The summed E-state index contributed by atoms with van der Waals surface area (Å²) in [6.07, 6.45) is 0. The molecule has 0 saturated heterocycles. The molecule has 2 rings (SSSR count). The molecule has 2 aromatic rings. The third kappa shape index (κ3) is 3.13. The minimum Gasteiger partial charge on any atom is -0.504 e. The van der Waals surface area contributed by atoms with Crippen LogP contribution in [0.15, 0.2) is 24.3 Å². The van der Waals surface area contributed by atoms with Gasteiger partial charge in [0.05, 0.1) is 7.11 Å². The summed E-state index contributed by atoms with van der Waals surface area (Å²) in [5.74, 6) is 2.08. The molecule has 5 heteroatoms. The molecular weight excluding hydrogens is 242 g/mol. The summed E-state index contributed by atoms with van der Waals surface area (Å²) in [4.78, 5) is 8.50. The van der Waals surface area contributed by atoms with Crippen LogP contribution in [0.2, 0.25) is 0 Å². The molecule has 0 amide bonds. The van der Waals surface area contributed by atoms with Crippen LogP contribution in [0.4, 0.5) is 5.82 Å². The lowest BCUT2D eigenvalue weighted by Crippen LogP contribution is -2.04. The van der Waals surface area contributed by atoms with E-state index >= 15 is 0 Å². The molecule has 0 aliphatic carbocycles. The maximum absolute atomic E-state index is 9.98. The number of benzene rings is 1. The van der Waals surface area contributed by atoms with Gasteiger partial charge in [0.2, 0.25) is 0 Å². The van der Waals surface area contributed by atoms with Crippen LogP contribution in [0, 0.1) is 13.8 Å². The summed E-state index contributed by atoms with van der Waals surface area (Å²) in [7, 11) is 1.53. The van der Waals surface area contributed by atoms with Gasteiger partial charge >= 0.3 is 0 Å². The van der Waals surface area contributed by atoms with Crippen molar-refractivity contribution in [3.63, 3.8) is 0 Å². The van der Waals surface area contributed by atoms with Crippen molar-refractivity contribution in [1.82, 2.24) is 9.97 Å². The minimum atomic E-state index is 0.153. The third-order valence-corrected chi connectivity index (χ3v) is 2.73. The molecule has 1 aromatic heterocycles. The number of aryl methyl sites for hydroxylation is 2. The number of rotatable bonds is 4. The van der Waals surface area contributed by atoms with Crippen molar-refractivity contribution in [1.29, 1.82) is 0 Å². The van der Waals surface area contributed by atoms with E-state index in [1.807, 2.05) is 32.0 Å². The molecule has 0 saturated carbocycles. The van der Waals surface area contributed by atoms with Crippen molar-refractivity contribution in [2.45, 2.75) is 20.4 Å². The number of nitrogens with zero attached hydrogens (tertiary/aromatic N) is 2. The number of hydrogen-bond donors (Lipinski definition) is 2. The lowest BCUT2D eigenvalue weighted by molar-refractivity contribution is 0.371. The number of aromatic nitrogens is 2. The number of nitrogens with one attached hydrogen (secondary N) is 1. The quantitative estimate of drug-likeness (QED) is 0.882. The highest BCUT2D eigenvalue weighted by molar-refractivity contribution is 5.47. The fourth-order valence-corrected chi connectivity index (χ4v) is 1.87. The van der Waals surface area contributed by atoms with Crippen molar-refractivity contribution < 1.29 is 9.84 Å². The lowest BCUT2D eigenvalue weighted by Gasteiger charge is -2.10. The molecule has 0 fully saturated rings. The van der Waals surface area contributed by atoms with Crippen LogP contribution in [0.5, 0.6) is 11.5 Å². The van der Waals surface area contributed by atoms with Gasteiger partial charge in [0.1, 0.15) is 11.6 Å². The van der Waals surface area contributed by atoms with Crippen molar-refractivity contribution in [3.8, 4) is 11.5 Å². The summed E-state index contributed by atoms with van der Waals surface area (Å²) >= 11 is 0. The van der Waals surface area contributed by atoms with E-state index in [-0.39, 0.29) is 5.75 Å². The van der Waals surface area contributed by atoms with Gasteiger partial charge in [-0.1, -0.05) is 12.1 Å². The zero-order valence-corrected chi connectivity index (χ0v) is 11.3. The zero-order chi connectivity index (χ0) is 13.8. The van der Waals surface area contributed by atoms with Gasteiger partial charge in [-0.2, -0.15) is 0 Å². The number of phenols is 1. The maximum atomic E-state index is 9.98. The van der Waals surface area contributed by atoms with Gasteiger partial charge in [-0.3, -0.25) is 0 Å². The molecule has 19 heavy (non-hydrogen) atoms. The topological polar surface area (TPSA) is 67.3 Å². The summed E-state index contributed by atoms with van der Waals surface area (Å²) in [6.45, 7) is 4.24. The number of aromatic hydroxyl groups is 1. The molecular formula is C14H17N3O2. The van der Waals surface area contributed by atoms with E-state index in [9.17, 15) is 5.11 Å².